The highest BCUT2D eigenvalue weighted by Gasteiger charge is 2.46. The molecular weight excluding hydrogens is 891 g/mol. The molecule has 5 aliphatic rings. The Morgan fingerprint density at radius 1 is 0.284 bits per heavy atom. The van der Waals surface area contributed by atoms with E-state index in [0.29, 0.717) is 23.7 Å². The molecule has 13 rings (SSSR count). The Morgan fingerprint density at radius 2 is 0.730 bits per heavy atom. The molecule has 372 valence electrons. The van der Waals surface area contributed by atoms with Gasteiger partial charge in [0.15, 0.2) is 0 Å². The van der Waals surface area contributed by atoms with E-state index >= 15 is 0 Å². The zero-order chi connectivity index (χ0) is 49.3. The Balaban J connectivity index is 0.977. The van der Waals surface area contributed by atoms with Crippen LogP contribution in [0.4, 0.5) is 17.1 Å². The van der Waals surface area contributed by atoms with Crippen LogP contribution in [-0.4, -0.2) is 0 Å². The largest absolute Gasteiger partial charge is 0.310 e. The van der Waals surface area contributed by atoms with Gasteiger partial charge in [0, 0.05) is 16.9 Å². The third-order valence-electron chi connectivity index (χ3n) is 18.9. The summed E-state index contributed by atoms with van der Waals surface area (Å²) in [6, 6.07) is 74.4. The van der Waals surface area contributed by atoms with Crippen molar-refractivity contribution >= 4 is 17.1 Å². The molecule has 1 nitrogen and oxygen atoms in total. The molecule has 0 N–H and O–H groups in total. The fourth-order valence-corrected chi connectivity index (χ4v) is 15.0. The number of anilines is 3. The Bertz CT molecular complexity index is 3070. The maximum Gasteiger partial charge on any atom is 0.0714 e. The first-order valence-electron chi connectivity index (χ1n) is 29.3. The van der Waals surface area contributed by atoms with E-state index in [4.69, 9.17) is 0 Å². The van der Waals surface area contributed by atoms with Crippen molar-refractivity contribution in [3.05, 3.63) is 233 Å². The van der Waals surface area contributed by atoms with Crippen LogP contribution in [0.15, 0.2) is 188 Å². The lowest BCUT2D eigenvalue weighted by Gasteiger charge is -2.36. The molecule has 0 bridgehead atoms. The molecule has 74 heavy (non-hydrogen) atoms. The third kappa shape index (κ3) is 8.97. The van der Waals surface area contributed by atoms with Gasteiger partial charge in [0.25, 0.3) is 0 Å². The maximum atomic E-state index is 2.63. The second-order valence-corrected chi connectivity index (χ2v) is 23.3. The van der Waals surface area contributed by atoms with E-state index in [1.54, 1.807) is 11.1 Å². The number of fused-ring (bicyclic) bond motifs is 3. The van der Waals surface area contributed by atoms with Crippen molar-refractivity contribution in [2.24, 2.45) is 0 Å². The van der Waals surface area contributed by atoms with Crippen LogP contribution in [0.1, 0.15) is 197 Å². The van der Waals surface area contributed by atoms with Crippen molar-refractivity contribution in [1.29, 1.82) is 0 Å². The molecule has 8 aromatic carbocycles. The molecule has 0 aromatic heterocycles. The van der Waals surface area contributed by atoms with Gasteiger partial charge in [0.1, 0.15) is 0 Å². The summed E-state index contributed by atoms with van der Waals surface area (Å²) in [4.78, 5) is 2.56. The molecule has 4 fully saturated rings. The van der Waals surface area contributed by atoms with Gasteiger partial charge in [-0.1, -0.05) is 235 Å². The average Bonchev–Trinajstić information content (AvgIpc) is 3.79. The van der Waals surface area contributed by atoms with Gasteiger partial charge in [-0.3, -0.25) is 0 Å². The monoisotopic (exact) mass is 966 g/mol. The SMILES string of the molecule is c1ccc(-c2ccccc2N(c2ccc(-c3cc(C4CCCCC4)cc(C4CCCCC4)c3)cc2)c2ccc3c(c2)C(c2ccc(C4CCCCC4)cc2)(c2ccc(C4CCCCC4)cc2)c2ccccc2-3)cc1. The summed E-state index contributed by atoms with van der Waals surface area (Å²) in [5, 5.41) is 0. The lowest BCUT2D eigenvalue weighted by Crippen LogP contribution is -2.29. The van der Waals surface area contributed by atoms with E-state index in [9.17, 15) is 0 Å². The topological polar surface area (TPSA) is 3.24 Å². The predicted octanol–water partition coefficient (Wildman–Crippen LogP) is 21.0. The van der Waals surface area contributed by atoms with Gasteiger partial charge in [-0.2, -0.15) is 0 Å². The fraction of sp³-hybridized carbons (Fsp3) is 0.342. The van der Waals surface area contributed by atoms with Gasteiger partial charge in [0.2, 0.25) is 0 Å². The summed E-state index contributed by atoms with van der Waals surface area (Å²) >= 11 is 0. The minimum absolute atomic E-state index is 0.508. The van der Waals surface area contributed by atoms with Gasteiger partial charge in [-0.05, 0) is 178 Å². The van der Waals surface area contributed by atoms with Crippen LogP contribution in [0.2, 0.25) is 0 Å². The van der Waals surface area contributed by atoms with E-state index in [1.165, 1.54) is 212 Å². The first kappa shape index (κ1) is 47.3. The smallest absolute Gasteiger partial charge is 0.0714 e. The average molecular weight is 966 g/mol. The molecule has 0 heterocycles. The summed E-state index contributed by atoms with van der Waals surface area (Å²) in [6.07, 6.45) is 26.8. The number of para-hydroxylation sites is 1. The van der Waals surface area contributed by atoms with E-state index in [0.717, 1.165) is 0 Å². The number of rotatable bonds is 11. The Morgan fingerprint density at radius 3 is 1.27 bits per heavy atom. The van der Waals surface area contributed by atoms with Crippen molar-refractivity contribution in [3.8, 4) is 33.4 Å². The molecule has 0 radical (unpaired) electrons. The standard InChI is InChI=1S/C73H75N/c1-6-20-52(21-7-1)56-34-40-63(41-35-56)73(64-42-36-57(37-43-64)53-22-8-2-9-23-53)70-32-18-16-31-68(70)69-47-46-66(51-71(69)73)74(72-33-19-17-30-67(72)59-28-14-5-15-29-59)65-44-38-58(39-45-65)62-49-60(54-24-10-3-11-25-54)48-61(50-62)55-26-12-4-13-27-55/h5,14-19,28-55H,1-4,6-13,20-27H2. The number of nitrogens with zero attached hydrogens (tertiary/aromatic N) is 1. The van der Waals surface area contributed by atoms with E-state index < -0.39 is 5.41 Å². The maximum absolute atomic E-state index is 2.63. The second-order valence-electron chi connectivity index (χ2n) is 23.3. The molecule has 0 amide bonds. The van der Waals surface area contributed by atoms with E-state index in [1.807, 2.05) is 0 Å². The van der Waals surface area contributed by atoms with Crippen molar-refractivity contribution in [2.75, 3.05) is 4.90 Å². The van der Waals surface area contributed by atoms with Gasteiger partial charge in [-0.15, -0.1) is 0 Å². The Kier molecular flexibility index (Phi) is 13.5. The fourth-order valence-electron chi connectivity index (χ4n) is 15.0. The molecule has 0 atom stereocenters. The minimum Gasteiger partial charge on any atom is -0.310 e. The van der Waals surface area contributed by atoms with Crippen LogP contribution in [0.25, 0.3) is 33.4 Å². The number of hydrogen-bond donors (Lipinski definition) is 0. The lowest BCUT2D eigenvalue weighted by molar-refractivity contribution is 0.435. The zero-order valence-electron chi connectivity index (χ0n) is 43.8. The quantitative estimate of drug-likeness (QED) is 0.125. The highest BCUT2D eigenvalue weighted by atomic mass is 15.1. The summed E-state index contributed by atoms with van der Waals surface area (Å²) < 4.78 is 0. The van der Waals surface area contributed by atoms with Crippen molar-refractivity contribution in [1.82, 2.24) is 0 Å². The number of hydrogen-bond acceptors (Lipinski definition) is 1. The van der Waals surface area contributed by atoms with Gasteiger partial charge >= 0.3 is 0 Å². The molecular formula is C73H75N. The van der Waals surface area contributed by atoms with Crippen molar-refractivity contribution < 1.29 is 0 Å². The van der Waals surface area contributed by atoms with Crippen LogP contribution >= 0.6 is 0 Å². The molecule has 4 saturated carbocycles. The molecule has 1 heteroatoms. The highest BCUT2D eigenvalue weighted by Crippen LogP contribution is 2.58. The second kappa shape index (κ2) is 21.1. The highest BCUT2D eigenvalue weighted by molar-refractivity contribution is 5.92. The normalized spacial score (nSPS) is 18.4. The molecule has 0 spiro atoms. The molecule has 5 aliphatic carbocycles. The summed E-state index contributed by atoms with van der Waals surface area (Å²) in [7, 11) is 0. The molecule has 0 unspecified atom stereocenters. The zero-order valence-corrected chi connectivity index (χ0v) is 43.8. The summed E-state index contributed by atoms with van der Waals surface area (Å²) in [5.74, 6) is 2.67. The third-order valence-corrected chi connectivity index (χ3v) is 18.9. The molecule has 0 saturated heterocycles. The number of benzene rings is 8. The van der Waals surface area contributed by atoms with Crippen LogP contribution in [0.5, 0.6) is 0 Å². The Hall–Kier alpha value is -6.44. The molecule has 0 aliphatic heterocycles. The Labute approximate surface area is 443 Å². The van der Waals surface area contributed by atoms with Crippen molar-refractivity contribution in [2.45, 2.75) is 158 Å². The van der Waals surface area contributed by atoms with Crippen LogP contribution in [0, 0.1) is 0 Å². The van der Waals surface area contributed by atoms with Crippen LogP contribution in [-0.2, 0) is 5.41 Å². The lowest BCUT2D eigenvalue weighted by atomic mass is 9.67. The minimum atomic E-state index is -0.508. The first-order chi connectivity index (χ1) is 36.7. The van der Waals surface area contributed by atoms with Gasteiger partial charge in [0.05, 0.1) is 11.1 Å². The van der Waals surface area contributed by atoms with Gasteiger partial charge < -0.3 is 4.90 Å². The van der Waals surface area contributed by atoms with E-state index in [2.05, 4.69) is 193 Å². The van der Waals surface area contributed by atoms with Gasteiger partial charge in [-0.25, -0.2) is 0 Å². The summed E-state index contributed by atoms with van der Waals surface area (Å²) in [6.45, 7) is 0. The summed E-state index contributed by atoms with van der Waals surface area (Å²) in [5.41, 5.74) is 22.5. The first-order valence-corrected chi connectivity index (χ1v) is 29.3. The van der Waals surface area contributed by atoms with E-state index in [-0.39, 0.29) is 0 Å². The van der Waals surface area contributed by atoms with Crippen molar-refractivity contribution in [3.63, 3.8) is 0 Å². The predicted molar refractivity (Wildman–Crippen MR) is 313 cm³/mol. The molecule has 8 aromatic rings. The van der Waals surface area contributed by atoms with Crippen LogP contribution in [0.3, 0.4) is 0 Å². The van der Waals surface area contributed by atoms with Crippen LogP contribution < -0.4 is 4.90 Å².